The summed E-state index contributed by atoms with van der Waals surface area (Å²) in [4.78, 5) is 32.9. The molecular formula is C24H18N2O5. The third-order valence-corrected chi connectivity index (χ3v) is 5.40. The first-order valence-corrected chi connectivity index (χ1v) is 9.67. The highest BCUT2D eigenvalue weighted by Gasteiger charge is 2.45. The topological polar surface area (TPSA) is 81.9 Å². The van der Waals surface area contributed by atoms with Crippen molar-refractivity contribution < 1.29 is 18.7 Å². The lowest BCUT2D eigenvalue weighted by Gasteiger charge is -2.26. The summed E-state index contributed by atoms with van der Waals surface area (Å²) in [5.41, 5.74) is 0.945. The molecule has 0 unspecified atom stereocenters. The van der Waals surface area contributed by atoms with Gasteiger partial charge in [0.25, 0.3) is 5.91 Å². The Balaban J connectivity index is 1.86. The molecule has 0 saturated heterocycles. The van der Waals surface area contributed by atoms with Gasteiger partial charge >= 0.3 is 0 Å². The molecule has 0 spiro atoms. The Morgan fingerprint density at radius 3 is 2.48 bits per heavy atom. The minimum absolute atomic E-state index is 0.00391. The van der Waals surface area contributed by atoms with Gasteiger partial charge < -0.3 is 13.9 Å². The zero-order chi connectivity index (χ0) is 21.5. The Bertz CT molecular complexity index is 1360. The van der Waals surface area contributed by atoms with Gasteiger partial charge in [0, 0.05) is 11.8 Å². The fourth-order valence-electron chi connectivity index (χ4n) is 4.07. The molecule has 1 aliphatic heterocycles. The smallest absolute Gasteiger partial charge is 0.296 e. The Hall–Kier alpha value is -4.13. The van der Waals surface area contributed by atoms with Crippen molar-refractivity contribution in [3.05, 3.63) is 94.0 Å². The van der Waals surface area contributed by atoms with Crippen LogP contribution in [-0.2, 0) is 0 Å². The molecule has 0 aliphatic carbocycles. The van der Waals surface area contributed by atoms with Gasteiger partial charge in [0.2, 0.25) is 5.76 Å². The van der Waals surface area contributed by atoms with E-state index in [0.29, 0.717) is 33.8 Å². The number of carbonyl (C=O) groups excluding carboxylic acids is 1. The number of ether oxygens (including phenoxy) is 2. The second-order valence-electron chi connectivity index (χ2n) is 7.02. The Kier molecular flexibility index (Phi) is 4.43. The van der Waals surface area contributed by atoms with E-state index in [9.17, 15) is 9.59 Å². The molecular weight excluding hydrogens is 396 g/mol. The van der Waals surface area contributed by atoms with Gasteiger partial charge in [-0.1, -0.05) is 30.3 Å². The molecule has 2 aromatic heterocycles. The van der Waals surface area contributed by atoms with Crippen molar-refractivity contribution in [2.75, 3.05) is 19.1 Å². The van der Waals surface area contributed by atoms with Crippen LogP contribution in [0.5, 0.6) is 11.5 Å². The SMILES string of the molecule is COc1cccc([C@@H]2c3c(oc4ccccc4c3=O)C(=O)N2c2ccccn2)c1OC. The molecule has 0 N–H and O–H groups in total. The van der Waals surface area contributed by atoms with Crippen molar-refractivity contribution in [1.82, 2.24) is 4.98 Å². The van der Waals surface area contributed by atoms with E-state index in [2.05, 4.69) is 4.98 Å². The first-order chi connectivity index (χ1) is 15.2. The number of methoxy groups -OCH3 is 2. The Labute approximate surface area is 177 Å². The second kappa shape index (κ2) is 7.28. The van der Waals surface area contributed by atoms with Crippen molar-refractivity contribution in [2.24, 2.45) is 0 Å². The average Bonchev–Trinajstić information content (AvgIpc) is 3.11. The van der Waals surface area contributed by atoms with Crippen LogP contribution in [0.3, 0.4) is 0 Å². The maximum absolute atomic E-state index is 13.5. The Morgan fingerprint density at radius 1 is 0.935 bits per heavy atom. The molecule has 0 saturated carbocycles. The molecule has 2 aromatic carbocycles. The maximum atomic E-state index is 13.5. The molecule has 0 radical (unpaired) electrons. The predicted octanol–water partition coefficient (Wildman–Crippen LogP) is 3.96. The van der Waals surface area contributed by atoms with E-state index >= 15 is 0 Å². The normalized spacial score (nSPS) is 15.2. The van der Waals surface area contributed by atoms with Crippen LogP contribution in [0.25, 0.3) is 11.0 Å². The van der Waals surface area contributed by atoms with Crippen LogP contribution in [0.1, 0.15) is 27.7 Å². The number of hydrogen-bond acceptors (Lipinski definition) is 6. The minimum Gasteiger partial charge on any atom is -0.493 e. The van der Waals surface area contributed by atoms with Gasteiger partial charge in [0.15, 0.2) is 16.9 Å². The van der Waals surface area contributed by atoms with Crippen LogP contribution in [0.15, 0.2) is 76.1 Å². The third-order valence-electron chi connectivity index (χ3n) is 5.40. The average molecular weight is 414 g/mol. The summed E-state index contributed by atoms with van der Waals surface area (Å²) in [7, 11) is 3.06. The van der Waals surface area contributed by atoms with Gasteiger partial charge in [-0.05, 0) is 30.3 Å². The number of pyridine rings is 1. The van der Waals surface area contributed by atoms with Crippen LogP contribution >= 0.6 is 0 Å². The van der Waals surface area contributed by atoms with E-state index < -0.39 is 11.9 Å². The molecule has 7 nitrogen and oxygen atoms in total. The molecule has 0 bridgehead atoms. The number of nitrogens with zero attached hydrogens (tertiary/aromatic N) is 2. The number of fused-ring (bicyclic) bond motifs is 2. The number of aromatic nitrogens is 1. The second-order valence-corrected chi connectivity index (χ2v) is 7.02. The summed E-state index contributed by atoms with van der Waals surface area (Å²) >= 11 is 0. The van der Waals surface area contributed by atoms with E-state index in [-0.39, 0.29) is 16.8 Å². The van der Waals surface area contributed by atoms with Crippen molar-refractivity contribution >= 4 is 22.7 Å². The summed E-state index contributed by atoms with van der Waals surface area (Å²) in [6.45, 7) is 0. The molecule has 3 heterocycles. The molecule has 0 fully saturated rings. The van der Waals surface area contributed by atoms with Gasteiger partial charge in [-0.15, -0.1) is 0 Å². The molecule has 5 rings (SSSR count). The number of rotatable bonds is 4. The first-order valence-electron chi connectivity index (χ1n) is 9.67. The van der Waals surface area contributed by atoms with Crippen LogP contribution < -0.4 is 19.8 Å². The van der Waals surface area contributed by atoms with Gasteiger partial charge in [-0.25, -0.2) is 4.98 Å². The van der Waals surface area contributed by atoms with E-state index in [1.807, 2.05) is 0 Å². The number of anilines is 1. The summed E-state index contributed by atoms with van der Waals surface area (Å²) in [6.07, 6.45) is 1.59. The van der Waals surface area contributed by atoms with E-state index in [1.165, 1.54) is 19.1 Å². The summed E-state index contributed by atoms with van der Waals surface area (Å²) in [5, 5.41) is 0.406. The Morgan fingerprint density at radius 2 is 1.74 bits per heavy atom. The van der Waals surface area contributed by atoms with E-state index in [0.717, 1.165) is 0 Å². The minimum atomic E-state index is -0.789. The molecule has 4 aromatic rings. The highest BCUT2D eigenvalue weighted by atomic mass is 16.5. The first kappa shape index (κ1) is 18.9. The molecule has 1 atom stereocenters. The van der Waals surface area contributed by atoms with Crippen LogP contribution in [0.4, 0.5) is 5.82 Å². The zero-order valence-corrected chi connectivity index (χ0v) is 16.9. The highest BCUT2D eigenvalue weighted by molar-refractivity contribution is 6.10. The van der Waals surface area contributed by atoms with Gasteiger partial charge in [0.1, 0.15) is 17.4 Å². The molecule has 154 valence electrons. The predicted molar refractivity (Wildman–Crippen MR) is 115 cm³/mol. The molecule has 1 amide bonds. The number of benzene rings is 2. The fourth-order valence-corrected chi connectivity index (χ4v) is 4.07. The maximum Gasteiger partial charge on any atom is 0.296 e. The van der Waals surface area contributed by atoms with Crippen LogP contribution in [0.2, 0.25) is 0 Å². The fraction of sp³-hybridized carbons (Fsp3) is 0.125. The quantitative estimate of drug-likeness (QED) is 0.503. The standard InChI is InChI=1S/C24H18N2O5/c1-29-17-11-7-9-15(22(17)30-2)20-19-21(27)14-8-3-4-10-16(14)31-23(19)24(28)26(20)18-12-5-6-13-25-18/h3-13,20H,1-2H3/t20-/m1/s1. The van der Waals surface area contributed by atoms with E-state index in [4.69, 9.17) is 13.9 Å². The number of carbonyl (C=O) groups is 1. The summed E-state index contributed by atoms with van der Waals surface area (Å²) < 4.78 is 17.0. The van der Waals surface area contributed by atoms with Crippen molar-refractivity contribution in [3.8, 4) is 11.5 Å². The number of hydrogen-bond donors (Lipinski definition) is 0. The lowest BCUT2D eigenvalue weighted by Crippen LogP contribution is -2.30. The summed E-state index contributed by atoms with van der Waals surface area (Å²) in [6, 6.07) is 16.7. The largest absolute Gasteiger partial charge is 0.493 e. The lowest BCUT2D eigenvalue weighted by atomic mass is 9.97. The molecule has 31 heavy (non-hydrogen) atoms. The van der Waals surface area contributed by atoms with Crippen LogP contribution in [-0.4, -0.2) is 25.1 Å². The van der Waals surface area contributed by atoms with Gasteiger partial charge in [-0.3, -0.25) is 14.5 Å². The van der Waals surface area contributed by atoms with Gasteiger partial charge in [-0.2, -0.15) is 0 Å². The van der Waals surface area contributed by atoms with Crippen molar-refractivity contribution in [2.45, 2.75) is 6.04 Å². The monoisotopic (exact) mass is 414 g/mol. The van der Waals surface area contributed by atoms with Crippen molar-refractivity contribution in [3.63, 3.8) is 0 Å². The lowest BCUT2D eigenvalue weighted by molar-refractivity contribution is 0.0970. The van der Waals surface area contributed by atoms with Crippen LogP contribution in [0, 0.1) is 0 Å². The van der Waals surface area contributed by atoms with E-state index in [1.54, 1.807) is 66.9 Å². The number of para-hydroxylation sites is 2. The van der Waals surface area contributed by atoms with Gasteiger partial charge in [0.05, 0.1) is 25.2 Å². The molecule has 1 aliphatic rings. The highest BCUT2D eigenvalue weighted by Crippen LogP contribution is 2.45. The summed E-state index contributed by atoms with van der Waals surface area (Å²) in [5.74, 6) is 0.893. The number of amides is 1. The van der Waals surface area contributed by atoms with Crippen molar-refractivity contribution in [1.29, 1.82) is 0 Å². The molecule has 7 heteroatoms. The third kappa shape index (κ3) is 2.78. The zero-order valence-electron chi connectivity index (χ0n) is 16.9.